The summed E-state index contributed by atoms with van der Waals surface area (Å²) in [6, 6.07) is 21.1. The van der Waals surface area contributed by atoms with Gasteiger partial charge in [0, 0.05) is 17.8 Å². The fourth-order valence-corrected chi connectivity index (χ4v) is 4.92. The first-order chi connectivity index (χ1) is 20.4. The molecule has 0 amide bonds. The average molecular weight is 585 g/mol. The Bertz CT molecular complexity index is 2010. The number of nitrogens with one attached hydrogen (secondary N) is 1. The quantitative estimate of drug-likeness (QED) is 0.157. The maximum Gasteiger partial charge on any atom is 0.439 e. The summed E-state index contributed by atoms with van der Waals surface area (Å²) in [5.41, 5.74) is 4.99. The van der Waals surface area contributed by atoms with Gasteiger partial charge in [-0.2, -0.15) is 4.98 Å². The summed E-state index contributed by atoms with van der Waals surface area (Å²) in [4.78, 5) is 32.0. The molecular weight excluding hydrogens is 560 g/mol. The molecule has 0 saturated carbocycles. The lowest BCUT2D eigenvalue weighted by atomic mass is 9.98. The van der Waals surface area contributed by atoms with Crippen molar-refractivity contribution < 1.29 is 27.6 Å². The van der Waals surface area contributed by atoms with E-state index in [0.29, 0.717) is 53.1 Å². The van der Waals surface area contributed by atoms with Crippen molar-refractivity contribution in [3.05, 3.63) is 105 Å². The van der Waals surface area contributed by atoms with Crippen LogP contribution in [0.15, 0.2) is 84.9 Å². The summed E-state index contributed by atoms with van der Waals surface area (Å²) in [6.07, 6.45) is 0. The van der Waals surface area contributed by atoms with Gasteiger partial charge in [-0.25, -0.2) is 9.59 Å². The van der Waals surface area contributed by atoms with Gasteiger partial charge >= 0.3 is 16.6 Å². The fraction of sp³-hybridized carbons (Fsp3) is 0.167. The van der Waals surface area contributed by atoms with Crippen molar-refractivity contribution >= 4 is 29.2 Å². The van der Waals surface area contributed by atoms with Gasteiger partial charge < -0.3 is 18.3 Å². The number of rotatable bonds is 9. The van der Waals surface area contributed by atoms with Gasteiger partial charge in [0.2, 0.25) is 0 Å². The normalized spacial score (nSPS) is 11.2. The maximum absolute atomic E-state index is 13.2. The number of aromatic amines is 1. The number of carbonyl (C=O) groups excluding carboxylic acids is 1. The number of fused-ring (bicyclic) bond motifs is 1. The lowest BCUT2D eigenvalue weighted by molar-refractivity contribution is 0.0446. The Balaban J connectivity index is 1.32. The molecule has 3 heterocycles. The van der Waals surface area contributed by atoms with Crippen LogP contribution in [0.1, 0.15) is 34.4 Å². The van der Waals surface area contributed by atoms with E-state index in [4.69, 9.17) is 35.0 Å². The van der Waals surface area contributed by atoms with E-state index >= 15 is 0 Å². The number of esters is 1. The molecule has 12 heteroatoms. The molecule has 1 N–H and O–H groups in total. The largest absolute Gasteiger partial charge is 0.465 e. The molecule has 0 bridgehead atoms. The fourth-order valence-electron chi connectivity index (χ4n) is 4.69. The first-order valence-corrected chi connectivity index (χ1v) is 13.5. The second-order valence-electron chi connectivity index (χ2n) is 9.28. The number of aryl methyl sites for hydroxylation is 1. The lowest BCUT2D eigenvalue weighted by Crippen LogP contribution is -2.10. The first kappa shape index (κ1) is 27.0. The van der Waals surface area contributed by atoms with Crippen LogP contribution in [0.5, 0.6) is 6.01 Å². The van der Waals surface area contributed by atoms with Gasteiger partial charge in [-0.3, -0.25) is 14.1 Å². The number of imidazole rings is 1. The summed E-state index contributed by atoms with van der Waals surface area (Å²) in [6.45, 7) is 4.21. The molecule has 0 aliphatic carbocycles. The van der Waals surface area contributed by atoms with E-state index in [1.54, 1.807) is 19.1 Å². The van der Waals surface area contributed by atoms with Gasteiger partial charge in [0.05, 0.1) is 29.7 Å². The summed E-state index contributed by atoms with van der Waals surface area (Å²) in [5, 5.41) is 3.83. The van der Waals surface area contributed by atoms with Gasteiger partial charge in [0.25, 0.3) is 6.01 Å². The van der Waals surface area contributed by atoms with Crippen molar-refractivity contribution in [2.24, 2.45) is 0 Å². The minimum Gasteiger partial charge on any atom is -0.465 e. The van der Waals surface area contributed by atoms with Crippen LogP contribution in [0.4, 0.5) is 0 Å². The molecule has 3 aromatic carbocycles. The molecule has 0 fully saturated rings. The van der Waals surface area contributed by atoms with E-state index in [2.05, 4.69) is 15.1 Å². The molecule has 0 saturated heterocycles. The standard InChI is InChI=1S/C30H24N4O7S/c1-3-37-28-31-23-10-6-9-22(27(35)38-16-24-17(2)39-30(42)40-24)25(23)34(28)15-18-11-13-19(14-12-18)20-7-4-5-8-21(20)26-32-29(36)41-33-26/h4-14H,3,15-16H2,1-2H3,(H,32,33,36). The highest BCUT2D eigenvalue weighted by molar-refractivity contribution is 7.71. The van der Waals surface area contributed by atoms with Crippen LogP contribution in [0, 0.1) is 11.8 Å². The van der Waals surface area contributed by atoms with E-state index in [1.165, 1.54) is 0 Å². The van der Waals surface area contributed by atoms with Crippen LogP contribution < -0.4 is 10.5 Å². The van der Waals surface area contributed by atoms with Crippen LogP contribution in [0.3, 0.4) is 0 Å². The highest BCUT2D eigenvalue weighted by Gasteiger charge is 2.21. The number of ether oxygens (including phenoxy) is 2. The summed E-state index contributed by atoms with van der Waals surface area (Å²) < 4.78 is 28.5. The van der Waals surface area contributed by atoms with Crippen LogP contribution >= 0.6 is 12.2 Å². The third-order valence-electron chi connectivity index (χ3n) is 6.62. The molecule has 0 spiro atoms. The zero-order chi connectivity index (χ0) is 29.2. The van der Waals surface area contributed by atoms with Gasteiger partial charge in [0.1, 0.15) is 5.76 Å². The third-order valence-corrected chi connectivity index (χ3v) is 6.79. The second kappa shape index (κ2) is 11.3. The molecule has 11 nitrogen and oxygen atoms in total. The average Bonchev–Trinajstić information content (AvgIpc) is 3.68. The highest BCUT2D eigenvalue weighted by atomic mass is 32.1. The number of benzene rings is 3. The smallest absolute Gasteiger partial charge is 0.439 e. The molecule has 42 heavy (non-hydrogen) atoms. The monoisotopic (exact) mass is 584 g/mol. The Labute approximate surface area is 243 Å². The van der Waals surface area contributed by atoms with E-state index in [0.717, 1.165) is 22.3 Å². The molecule has 0 aliphatic heterocycles. The summed E-state index contributed by atoms with van der Waals surface area (Å²) in [7, 11) is 0. The zero-order valence-corrected chi connectivity index (χ0v) is 23.4. The minimum atomic E-state index is -0.617. The van der Waals surface area contributed by atoms with E-state index < -0.39 is 11.7 Å². The maximum atomic E-state index is 13.2. The number of aromatic nitrogens is 4. The van der Waals surface area contributed by atoms with Crippen molar-refractivity contribution in [2.45, 2.75) is 27.0 Å². The Hall–Kier alpha value is -5.23. The van der Waals surface area contributed by atoms with Crippen LogP contribution in [0.2, 0.25) is 0 Å². The van der Waals surface area contributed by atoms with Gasteiger partial charge in [-0.05, 0) is 42.7 Å². The van der Waals surface area contributed by atoms with E-state index in [9.17, 15) is 9.59 Å². The number of carbonyl (C=O) groups is 1. The third kappa shape index (κ3) is 5.27. The predicted octanol–water partition coefficient (Wildman–Crippen LogP) is 6.07. The van der Waals surface area contributed by atoms with Crippen LogP contribution in [0.25, 0.3) is 33.5 Å². The van der Waals surface area contributed by atoms with Crippen molar-refractivity contribution in [3.63, 3.8) is 0 Å². The second-order valence-corrected chi connectivity index (χ2v) is 9.62. The number of H-pyrrole nitrogens is 1. The topological polar surface area (TPSA) is 139 Å². The zero-order valence-electron chi connectivity index (χ0n) is 22.6. The van der Waals surface area contributed by atoms with Gasteiger partial charge in [0.15, 0.2) is 18.2 Å². The molecular formula is C30H24N4O7S. The highest BCUT2D eigenvalue weighted by Crippen LogP contribution is 2.31. The van der Waals surface area contributed by atoms with Crippen molar-refractivity contribution in [1.29, 1.82) is 0 Å². The van der Waals surface area contributed by atoms with E-state index in [-0.39, 0.29) is 11.5 Å². The minimum absolute atomic E-state index is 0.0253. The van der Waals surface area contributed by atoms with Crippen LogP contribution in [-0.2, 0) is 17.9 Å². The Kier molecular flexibility index (Phi) is 7.28. The van der Waals surface area contributed by atoms with Crippen molar-refractivity contribution in [1.82, 2.24) is 19.7 Å². The summed E-state index contributed by atoms with van der Waals surface area (Å²) in [5.74, 6) is -0.0141. The number of hydrogen-bond donors (Lipinski definition) is 1. The van der Waals surface area contributed by atoms with Gasteiger partial charge in [-0.15, -0.1) is 0 Å². The van der Waals surface area contributed by atoms with Crippen molar-refractivity contribution in [2.75, 3.05) is 6.61 Å². The molecule has 0 unspecified atom stereocenters. The van der Waals surface area contributed by atoms with Crippen LogP contribution in [-0.4, -0.2) is 32.3 Å². The van der Waals surface area contributed by atoms with Crippen molar-refractivity contribution in [3.8, 4) is 28.5 Å². The Morgan fingerprint density at radius 2 is 1.81 bits per heavy atom. The number of hydrogen-bond acceptors (Lipinski definition) is 10. The molecule has 6 rings (SSSR count). The molecule has 3 aromatic heterocycles. The number of nitrogens with zero attached hydrogens (tertiary/aromatic N) is 3. The molecule has 0 radical (unpaired) electrons. The molecule has 0 aliphatic rings. The lowest BCUT2D eigenvalue weighted by Gasteiger charge is -2.12. The first-order valence-electron chi connectivity index (χ1n) is 13.0. The SMILES string of the molecule is CCOc1nc2cccc(C(=O)OCc3oc(=S)oc3C)c2n1Cc1ccc(-c2ccccc2-c2noc(=O)[nH]2)cc1. The summed E-state index contributed by atoms with van der Waals surface area (Å²) >= 11 is 4.91. The molecule has 0 atom stereocenters. The molecule has 6 aromatic rings. The Morgan fingerprint density at radius 1 is 1.02 bits per heavy atom. The number of para-hydroxylation sites is 1. The van der Waals surface area contributed by atoms with Gasteiger partial charge in [-0.1, -0.05) is 59.8 Å². The Morgan fingerprint density at radius 3 is 2.50 bits per heavy atom. The van der Waals surface area contributed by atoms with E-state index in [1.807, 2.05) is 66.1 Å². The molecule has 212 valence electrons. The predicted molar refractivity (Wildman–Crippen MR) is 154 cm³/mol.